The Labute approximate surface area is 207 Å². The number of hydrogen-bond acceptors (Lipinski definition) is 4. The van der Waals surface area contributed by atoms with Gasteiger partial charge in [0.1, 0.15) is 0 Å². The second-order valence-electron chi connectivity index (χ2n) is 9.01. The van der Waals surface area contributed by atoms with Gasteiger partial charge in [-0.3, -0.25) is 9.59 Å². The monoisotopic (exact) mass is 471 g/mol. The summed E-state index contributed by atoms with van der Waals surface area (Å²) in [6.45, 7) is 4.40. The molecule has 1 fully saturated rings. The van der Waals surface area contributed by atoms with Crippen molar-refractivity contribution in [2.24, 2.45) is 0 Å². The standard InChI is InChI=1S/C29H33N3O3/c1-22-8-5-6-12-26(22)28(34)29(35)32-20-18-31(19-21-32)25-16-14-24(15-17-25)30-27(33)13-7-11-23-9-3-2-4-10-23/h2-6,8-10,12,14-17,28,34H,7,11,13,18-21H2,1H3,(H,30,33). The Morgan fingerprint density at radius 2 is 1.54 bits per heavy atom. The van der Waals surface area contributed by atoms with Crippen LogP contribution < -0.4 is 10.2 Å². The van der Waals surface area contributed by atoms with Crippen molar-refractivity contribution in [3.05, 3.63) is 95.6 Å². The summed E-state index contributed by atoms with van der Waals surface area (Å²) in [5.74, 6) is -0.225. The highest BCUT2D eigenvalue weighted by Crippen LogP contribution is 2.23. The predicted molar refractivity (Wildman–Crippen MR) is 139 cm³/mol. The Morgan fingerprint density at radius 1 is 0.886 bits per heavy atom. The van der Waals surface area contributed by atoms with Gasteiger partial charge >= 0.3 is 0 Å². The summed E-state index contributed by atoms with van der Waals surface area (Å²) in [6, 6.07) is 25.5. The highest BCUT2D eigenvalue weighted by atomic mass is 16.3. The molecule has 0 bridgehead atoms. The lowest BCUT2D eigenvalue weighted by Crippen LogP contribution is -2.50. The van der Waals surface area contributed by atoms with E-state index in [0.29, 0.717) is 38.2 Å². The molecule has 0 saturated carbocycles. The van der Waals surface area contributed by atoms with Gasteiger partial charge in [-0.05, 0) is 60.7 Å². The second kappa shape index (κ2) is 11.7. The van der Waals surface area contributed by atoms with Gasteiger partial charge in [-0.1, -0.05) is 54.6 Å². The fourth-order valence-electron chi connectivity index (χ4n) is 4.46. The van der Waals surface area contributed by atoms with Crippen LogP contribution in [0.4, 0.5) is 11.4 Å². The zero-order chi connectivity index (χ0) is 24.6. The third-order valence-corrected chi connectivity index (χ3v) is 6.54. The van der Waals surface area contributed by atoms with Crippen LogP contribution in [0.2, 0.25) is 0 Å². The first kappa shape index (κ1) is 24.5. The lowest BCUT2D eigenvalue weighted by molar-refractivity contribution is -0.140. The maximum absolute atomic E-state index is 12.8. The number of benzene rings is 3. The molecular weight excluding hydrogens is 438 g/mol. The van der Waals surface area contributed by atoms with Gasteiger partial charge in [0.15, 0.2) is 6.10 Å². The van der Waals surface area contributed by atoms with E-state index in [0.717, 1.165) is 29.8 Å². The predicted octanol–water partition coefficient (Wildman–Crippen LogP) is 4.34. The number of nitrogens with one attached hydrogen (secondary N) is 1. The molecular formula is C29H33N3O3. The third kappa shape index (κ3) is 6.49. The lowest BCUT2D eigenvalue weighted by Gasteiger charge is -2.37. The minimum atomic E-state index is -1.13. The van der Waals surface area contributed by atoms with Crippen LogP contribution in [0.1, 0.15) is 35.6 Å². The van der Waals surface area contributed by atoms with Gasteiger partial charge in [0.2, 0.25) is 5.91 Å². The van der Waals surface area contributed by atoms with Gasteiger partial charge in [-0.2, -0.15) is 0 Å². The van der Waals surface area contributed by atoms with Gasteiger partial charge in [0.25, 0.3) is 5.91 Å². The largest absolute Gasteiger partial charge is 0.378 e. The van der Waals surface area contributed by atoms with E-state index < -0.39 is 6.10 Å². The van der Waals surface area contributed by atoms with E-state index in [9.17, 15) is 14.7 Å². The molecule has 2 amide bonds. The smallest absolute Gasteiger partial charge is 0.256 e. The first-order valence-electron chi connectivity index (χ1n) is 12.2. The average molecular weight is 472 g/mol. The number of carbonyl (C=O) groups excluding carboxylic acids is 2. The van der Waals surface area contributed by atoms with Gasteiger partial charge < -0.3 is 20.2 Å². The second-order valence-corrected chi connectivity index (χ2v) is 9.01. The number of aliphatic hydroxyl groups excluding tert-OH is 1. The Kier molecular flexibility index (Phi) is 8.16. The van der Waals surface area contributed by atoms with Crippen LogP contribution in [0.25, 0.3) is 0 Å². The molecule has 0 radical (unpaired) electrons. The van der Waals surface area contributed by atoms with Crippen molar-refractivity contribution in [1.82, 2.24) is 4.90 Å². The molecule has 182 valence electrons. The number of aliphatic hydroxyl groups is 1. The summed E-state index contributed by atoms with van der Waals surface area (Å²) in [6.07, 6.45) is 1.07. The Hall–Kier alpha value is -3.64. The van der Waals surface area contributed by atoms with Crippen molar-refractivity contribution in [1.29, 1.82) is 0 Å². The fraction of sp³-hybridized carbons (Fsp3) is 0.310. The van der Waals surface area contributed by atoms with Crippen molar-refractivity contribution in [2.45, 2.75) is 32.3 Å². The average Bonchev–Trinajstić information content (AvgIpc) is 2.89. The molecule has 2 N–H and O–H groups in total. The zero-order valence-electron chi connectivity index (χ0n) is 20.2. The molecule has 1 unspecified atom stereocenters. The summed E-state index contributed by atoms with van der Waals surface area (Å²) < 4.78 is 0. The molecule has 1 saturated heterocycles. The SMILES string of the molecule is Cc1ccccc1C(O)C(=O)N1CCN(c2ccc(NC(=O)CCCc3ccccc3)cc2)CC1. The number of rotatable bonds is 8. The topological polar surface area (TPSA) is 72.9 Å². The van der Waals surface area contributed by atoms with Crippen LogP contribution in [-0.2, 0) is 16.0 Å². The van der Waals surface area contributed by atoms with E-state index in [-0.39, 0.29) is 11.8 Å². The molecule has 0 spiro atoms. The van der Waals surface area contributed by atoms with Crippen LogP contribution in [0, 0.1) is 6.92 Å². The first-order valence-corrected chi connectivity index (χ1v) is 12.2. The number of piperazine rings is 1. The van der Waals surface area contributed by atoms with Crippen LogP contribution in [0.15, 0.2) is 78.9 Å². The lowest BCUT2D eigenvalue weighted by atomic mass is 10.0. The normalized spacial score (nSPS) is 14.5. The third-order valence-electron chi connectivity index (χ3n) is 6.54. The van der Waals surface area contributed by atoms with Gasteiger partial charge in [-0.15, -0.1) is 0 Å². The number of anilines is 2. The van der Waals surface area contributed by atoms with Crippen molar-refractivity contribution in [3.8, 4) is 0 Å². The number of aryl methyl sites for hydroxylation is 2. The van der Waals surface area contributed by atoms with Crippen LogP contribution in [-0.4, -0.2) is 48.0 Å². The van der Waals surface area contributed by atoms with Crippen molar-refractivity contribution < 1.29 is 14.7 Å². The van der Waals surface area contributed by atoms with Crippen molar-refractivity contribution in [2.75, 3.05) is 36.4 Å². The van der Waals surface area contributed by atoms with Crippen molar-refractivity contribution >= 4 is 23.2 Å². The summed E-state index contributed by atoms with van der Waals surface area (Å²) in [5.41, 5.74) is 4.66. The molecule has 6 heteroatoms. The van der Waals surface area contributed by atoms with Crippen molar-refractivity contribution in [3.63, 3.8) is 0 Å². The van der Waals surface area contributed by atoms with Crippen LogP contribution in [0.3, 0.4) is 0 Å². The number of carbonyl (C=O) groups is 2. The Morgan fingerprint density at radius 3 is 2.23 bits per heavy atom. The summed E-state index contributed by atoms with van der Waals surface area (Å²) in [7, 11) is 0. The maximum Gasteiger partial charge on any atom is 0.256 e. The number of nitrogens with zero attached hydrogens (tertiary/aromatic N) is 2. The Bertz CT molecular complexity index is 1120. The zero-order valence-corrected chi connectivity index (χ0v) is 20.2. The number of hydrogen-bond donors (Lipinski definition) is 2. The molecule has 3 aromatic rings. The molecule has 0 aromatic heterocycles. The van der Waals surface area contributed by atoms with E-state index in [1.807, 2.05) is 67.6 Å². The molecule has 1 aliphatic heterocycles. The quantitative estimate of drug-likeness (QED) is 0.513. The van der Waals surface area contributed by atoms with E-state index in [1.54, 1.807) is 11.0 Å². The van der Waals surface area contributed by atoms with Gasteiger partial charge in [0, 0.05) is 44.0 Å². The highest BCUT2D eigenvalue weighted by Gasteiger charge is 2.28. The summed E-state index contributed by atoms with van der Waals surface area (Å²) in [5, 5.41) is 13.6. The first-order chi connectivity index (χ1) is 17.0. The molecule has 1 heterocycles. The molecule has 3 aromatic carbocycles. The molecule has 6 nitrogen and oxygen atoms in total. The number of amides is 2. The highest BCUT2D eigenvalue weighted by molar-refractivity contribution is 5.90. The van der Waals surface area contributed by atoms with E-state index in [1.165, 1.54) is 5.56 Å². The van der Waals surface area contributed by atoms with E-state index >= 15 is 0 Å². The van der Waals surface area contributed by atoms with E-state index in [2.05, 4.69) is 22.3 Å². The summed E-state index contributed by atoms with van der Waals surface area (Å²) in [4.78, 5) is 29.1. The summed E-state index contributed by atoms with van der Waals surface area (Å²) >= 11 is 0. The maximum atomic E-state index is 12.8. The van der Waals surface area contributed by atoms with E-state index in [4.69, 9.17) is 0 Å². The Balaban J connectivity index is 1.23. The van der Waals surface area contributed by atoms with Gasteiger partial charge in [-0.25, -0.2) is 0 Å². The van der Waals surface area contributed by atoms with Crippen LogP contribution >= 0.6 is 0 Å². The molecule has 1 atom stereocenters. The van der Waals surface area contributed by atoms with Crippen LogP contribution in [0.5, 0.6) is 0 Å². The minimum Gasteiger partial charge on any atom is -0.378 e. The molecule has 4 rings (SSSR count). The minimum absolute atomic E-state index is 0.0213. The molecule has 35 heavy (non-hydrogen) atoms. The fourth-order valence-corrected chi connectivity index (χ4v) is 4.46. The molecule has 1 aliphatic rings. The molecule has 0 aliphatic carbocycles. The van der Waals surface area contributed by atoms with Gasteiger partial charge in [0.05, 0.1) is 0 Å².